The second kappa shape index (κ2) is 5.69. The zero-order chi connectivity index (χ0) is 13.0. The molecular formula is C14H17NO3. The number of nitrogens with one attached hydrogen (secondary N) is 1. The zero-order valence-electron chi connectivity index (χ0n) is 10.3. The molecule has 0 radical (unpaired) electrons. The third-order valence-electron chi connectivity index (χ3n) is 2.80. The second-order valence-electron chi connectivity index (χ2n) is 4.39. The Morgan fingerprint density at radius 3 is 3.22 bits per heavy atom. The number of aliphatic hydroxyl groups is 1. The Hall–Kier alpha value is -1.81. The molecule has 0 saturated heterocycles. The van der Waals surface area contributed by atoms with Gasteiger partial charge >= 0.3 is 0 Å². The molecule has 4 nitrogen and oxygen atoms in total. The number of rotatable bonds is 4. The van der Waals surface area contributed by atoms with Crippen LogP contribution in [0.3, 0.4) is 0 Å². The molecule has 1 atom stereocenters. The van der Waals surface area contributed by atoms with E-state index in [1.807, 2.05) is 18.2 Å². The van der Waals surface area contributed by atoms with Gasteiger partial charge in [0.05, 0.1) is 13.2 Å². The lowest BCUT2D eigenvalue weighted by Gasteiger charge is -2.07. The van der Waals surface area contributed by atoms with Crippen molar-refractivity contribution in [3.8, 4) is 5.75 Å². The molecule has 1 aromatic carbocycles. The van der Waals surface area contributed by atoms with Crippen LogP contribution in [0.2, 0.25) is 0 Å². The van der Waals surface area contributed by atoms with Crippen molar-refractivity contribution in [3.63, 3.8) is 0 Å². The van der Waals surface area contributed by atoms with Crippen LogP contribution in [0, 0.1) is 0 Å². The average molecular weight is 247 g/mol. The number of hydrogen-bond donors (Lipinski definition) is 2. The van der Waals surface area contributed by atoms with E-state index in [0.717, 1.165) is 24.3 Å². The first-order valence-electron chi connectivity index (χ1n) is 6.04. The maximum atomic E-state index is 11.5. The maximum Gasteiger partial charge on any atom is 0.244 e. The molecule has 18 heavy (non-hydrogen) atoms. The van der Waals surface area contributed by atoms with Gasteiger partial charge in [0.25, 0.3) is 0 Å². The molecule has 1 aromatic rings. The fourth-order valence-corrected chi connectivity index (χ4v) is 1.82. The van der Waals surface area contributed by atoms with E-state index < -0.39 is 0 Å². The standard InChI is InChI=1S/C14H17NO3/c1-10(9-16)15-14(17)5-3-11-2-4-13-12(8-11)6-7-18-13/h2-5,8,10,16H,6-7,9H2,1H3,(H,15,17)/t10-/m0/s1. The number of fused-ring (bicyclic) bond motifs is 1. The molecule has 1 aliphatic heterocycles. The first kappa shape index (κ1) is 12.6. The van der Waals surface area contributed by atoms with Gasteiger partial charge in [0.1, 0.15) is 5.75 Å². The number of benzene rings is 1. The molecule has 0 bridgehead atoms. The van der Waals surface area contributed by atoms with Gasteiger partial charge in [0.15, 0.2) is 0 Å². The fourth-order valence-electron chi connectivity index (χ4n) is 1.82. The van der Waals surface area contributed by atoms with Crippen LogP contribution < -0.4 is 10.1 Å². The highest BCUT2D eigenvalue weighted by Gasteiger charge is 2.11. The Bertz CT molecular complexity index is 468. The van der Waals surface area contributed by atoms with Crippen molar-refractivity contribution in [1.82, 2.24) is 5.32 Å². The average Bonchev–Trinajstić information content (AvgIpc) is 2.83. The minimum absolute atomic E-state index is 0.0598. The fraction of sp³-hybridized carbons (Fsp3) is 0.357. The van der Waals surface area contributed by atoms with Gasteiger partial charge in [-0.3, -0.25) is 4.79 Å². The van der Waals surface area contributed by atoms with E-state index in [2.05, 4.69) is 5.32 Å². The molecule has 2 rings (SSSR count). The Labute approximate surface area is 106 Å². The third-order valence-corrected chi connectivity index (χ3v) is 2.80. The van der Waals surface area contributed by atoms with Crippen LogP contribution in [0.1, 0.15) is 18.1 Å². The molecule has 1 amide bonds. The van der Waals surface area contributed by atoms with E-state index in [1.54, 1.807) is 13.0 Å². The van der Waals surface area contributed by atoms with Gasteiger partial charge in [0, 0.05) is 18.5 Å². The predicted octanol–water partition coefficient (Wildman–Crippen LogP) is 1.13. The lowest BCUT2D eigenvalue weighted by Crippen LogP contribution is -2.33. The molecule has 0 aliphatic carbocycles. The van der Waals surface area contributed by atoms with Crippen molar-refractivity contribution < 1.29 is 14.6 Å². The van der Waals surface area contributed by atoms with E-state index in [1.165, 1.54) is 11.6 Å². The van der Waals surface area contributed by atoms with Crippen LogP contribution in [-0.2, 0) is 11.2 Å². The van der Waals surface area contributed by atoms with Gasteiger partial charge in [-0.1, -0.05) is 6.07 Å². The highest BCUT2D eigenvalue weighted by atomic mass is 16.5. The molecule has 4 heteroatoms. The second-order valence-corrected chi connectivity index (χ2v) is 4.39. The minimum Gasteiger partial charge on any atom is -0.493 e. The summed E-state index contributed by atoms with van der Waals surface area (Å²) in [5.74, 6) is 0.735. The van der Waals surface area contributed by atoms with Crippen LogP contribution in [0.4, 0.5) is 0 Å². The van der Waals surface area contributed by atoms with Gasteiger partial charge in [-0.25, -0.2) is 0 Å². The van der Waals surface area contributed by atoms with Gasteiger partial charge in [0.2, 0.25) is 5.91 Å². The van der Waals surface area contributed by atoms with Crippen molar-refractivity contribution in [3.05, 3.63) is 35.4 Å². The summed E-state index contributed by atoms with van der Waals surface area (Å²) < 4.78 is 5.42. The zero-order valence-corrected chi connectivity index (χ0v) is 10.3. The lowest BCUT2D eigenvalue weighted by atomic mass is 10.1. The largest absolute Gasteiger partial charge is 0.493 e. The van der Waals surface area contributed by atoms with Gasteiger partial charge < -0.3 is 15.2 Å². The van der Waals surface area contributed by atoms with Crippen LogP contribution in [0.25, 0.3) is 6.08 Å². The summed E-state index contributed by atoms with van der Waals surface area (Å²) in [6.07, 6.45) is 4.16. The minimum atomic E-state index is -0.226. The first-order chi connectivity index (χ1) is 8.69. The number of amides is 1. The SMILES string of the molecule is C[C@@H](CO)NC(=O)C=Cc1ccc2c(c1)CCO2. The smallest absolute Gasteiger partial charge is 0.244 e. The highest BCUT2D eigenvalue weighted by Crippen LogP contribution is 2.26. The molecule has 0 aromatic heterocycles. The van der Waals surface area contributed by atoms with Crippen molar-refractivity contribution in [1.29, 1.82) is 0 Å². The van der Waals surface area contributed by atoms with Crippen molar-refractivity contribution in [2.45, 2.75) is 19.4 Å². The Kier molecular flexibility index (Phi) is 3.99. The molecular weight excluding hydrogens is 230 g/mol. The molecule has 0 fully saturated rings. The molecule has 96 valence electrons. The van der Waals surface area contributed by atoms with Crippen LogP contribution >= 0.6 is 0 Å². The Morgan fingerprint density at radius 2 is 2.44 bits per heavy atom. The van der Waals surface area contributed by atoms with Gasteiger partial charge in [-0.05, 0) is 36.3 Å². The number of carbonyl (C=O) groups is 1. The van der Waals surface area contributed by atoms with Crippen molar-refractivity contribution >= 4 is 12.0 Å². The Morgan fingerprint density at radius 1 is 1.61 bits per heavy atom. The summed E-state index contributed by atoms with van der Waals surface area (Å²) in [7, 11) is 0. The summed E-state index contributed by atoms with van der Waals surface area (Å²) >= 11 is 0. The lowest BCUT2D eigenvalue weighted by molar-refractivity contribution is -0.117. The van der Waals surface area contributed by atoms with Crippen molar-refractivity contribution in [2.24, 2.45) is 0 Å². The predicted molar refractivity (Wildman–Crippen MR) is 69.4 cm³/mol. The molecule has 1 aliphatic rings. The maximum absolute atomic E-state index is 11.5. The van der Waals surface area contributed by atoms with Gasteiger partial charge in [-0.2, -0.15) is 0 Å². The number of hydrogen-bond acceptors (Lipinski definition) is 3. The normalized spacial score (nSPS) is 15.2. The summed E-state index contributed by atoms with van der Waals surface area (Å²) in [5.41, 5.74) is 2.16. The molecule has 2 N–H and O–H groups in total. The van der Waals surface area contributed by atoms with E-state index in [9.17, 15) is 4.79 Å². The van der Waals surface area contributed by atoms with E-state index in [4.69, 9.17) is 9.84 Å². The summed E-state index contributed by atoms with van der Waals surface area (Å²) in [6, 6.07) is 5.65. The molecule has 0 saturated carbocycles. The van der Waals surface area contributed by atoms with Crippen LogP contribution in [0.5, 0.6) is 5.75 Å². The molecule has 0 spiro atoms. The third kappa shape index (κ3) is 3.11. The van der Waals surface area contributed by atoms with Crippen LogP contribution in [0.15, 0.2) is 24.3 Å². The molecule has 1 heterocycles. The number of aliphatic hydroxyl groups excluding tert-OH is 1. The monoisotopic (exact) mass is 247 g/mol. The van der Waals surface area contributed by atoms with E-state index in [0.29, 0.717) is 0 Å². The van der Waals surface area contributed by atoms with E-state index >= 15 is 0 Å². The first-order valence-corrected chi connectivity index (χ1v) is 6.04. The topological polar surface area (TPSA) is 58.6 Å². The highest BCUT2D eigenvalue weighted by molar-refractivity contribution is 5.91. The summed E-state index contributed by atoms with van der Waals surface area (Å²) in [5, 5.41) is 11.5. The van der Waals surface area contributed by atoms with Crippen LogP contribution in [-0.4, -0.2) is 30.3 Å². The quantitative estimate of drug-likeness (QED) is 0.784. The van der Waals surface area contributed by atoms with E-state index in [-0.39, 0.29) is 18.6 Å². The molecule has 0 unspecified atom stereocenters. The Balaban J connectivity index is 1.98. The number of carbonyl (C=O) groups excluding carboxylic acids is 1. The summed E-state index contributed by atoms with van der Waals surface area (Å²) in [4.78, 5) is 11.5. The summed E-state index contributed by atoms with van der Waals surface area (Å²) in [6.45, 7) is 2.42. The van der Waals surface area contributed by atoms with Crippen molar-refractivity contribution in [2.75, 3.05) is 13.2 Å². The number of ether oxygens (including phenoxy) is 1. The van der Waals surface area contributed by atoms with Gasteiger partial charge in [-0.15, -0.1) is 0 Å².